The molecule has 0 fully saturated rings. The Labute approximate surface area is 110 Å². The highest BCUT2D eigenvalue weighted by Gasteiger charge is 2.08. The molecule has 3 heterocycles. The third-order valence-corrected chi connectivity index (χ3v) is 3.13. The van der Waals surface area contributed by atoms with Gasteiger partial charge in [0.25, 0.3) is 0 Å². The molecule has 3 rings (SSSR count). The Morgan fingerprint density at radius 2 is 2.00 bits per heavy atom. The Kier molecular flexibility index (Phi) is 3.06. The molecule has 0 saturated carbocycles. The van der Waals surface area contributed by atoms with Gasteiger partial charge in [0.2, 0.25) is 0 Å². The fourth-order valence-corrected chi connectivity index (χ4v) is 2.20. The second-order valence-corrected chi connectivity index (χ2v) is 4.34. The molecule has 4 nitrogen and oxygen atoms in total. The molecule has 0 saturated heterocycles. The van der Waals surface area contributed by atoms with E-state index in [4.69, 9.17) is 0 Å². The average molecular weight is 251 g/mol. The molecule has 0 unspecified atom stereocenters. The molecule has 0 spiro atoms. The van der Waals surface area contributed by atoms with Crippen molar-refractivity contribution in [3.63, 3.8) is 0 Å². The van der Waals surface area contributed by atoms with Crippen LogP contribution in [-0.2, 0) is 13.0 Å². The van der Waals surface area contributed by atoms with Crippen LogP contribution in [0.15, 0.2) is 48.9 Å². The van der Waals surface area contributed by atoms with Gasteiger partial charge in [0.1, 0.15) is 5.65 Å². The number of nitrogens with zero attached hydrogens (tertiary/aromatic N) is 3. The highest BCUT2D eigenvalue weighted by atomic mass is 16.1. The average Bonchev–Trinajstić information content (AvgIpc) is 2.84. The lowest BCUT2D eigenvalue weighted by Crippen LogP contribution is -2.01. The monoisotopic (exact) mass is 251 g/mol. The molecule has 3 aromatic heterocycles. The molecule has 0 aliphatic rings. The summed E-state index contributed by atoms with van der Waals surface area (Å²) in [6.07, 6.45) is 7.08. The molecule has 4 heteroatoms. The summed E-state index contributed by atoms with van der Waals surface area (Å²) in [5.74, 6) is 0. The van der Waals surface area contributed by atoms with Crippen LogP contribution in [-0.4, -0.2) is 20.8 Å². The van der Waals surface area contributed by atoms with Crippen LogP contribution in [0.5, 0.6) is 0 Å². The molecule has 0 aliphatic heterocycles. The van der Waals surface area contributed by atoms with E-state index in [0.29, 0.717) is 5.56 Å². The first kappa shape index (κ1) is 11.6. The lowest BCUT2D eigenvalue weighted by atomic mass is 10.2. The quantitative estimate of drug-likeness (QED) is 0.669. The molecule has 0 aliphatic carbocycles. The van der Waals surface area contributed by atoms with E-state index in [-0.39, 0.29) is 0 Å². The Balaban J connectivity index is 1.91. The van der Waals surface area contributed by atoms with Gasteiger partial charge in [0.05, 0.1) is 0 Å². The molecule has 94 valence electrons. The molecule has 0 aromatic carbocycles. The maximum absolute atomic E-state index is 11.1. The number of aromatic nitrogens is 3. The van der Waals surface area contributed by atoms with Crippen molar-refractivity contribution in [3.05, 3.63) is 60.2 Å². The minimum atomic E-state index is 0.684. The molecule has 0 bridgehead atoms. The predicted molar refractivity (Wildman–Crippen MR) is 73.1 cm³/mol. The highest BCUT2D eigenvalue weighted by molar-refractivity contribution is 5.95. The van der Waals surface area contributed by atoms with Crippen LogP contribution in [0, 0.1) is 0 Å². The van der Waals surface area contributed by atoms with Crippen molar-refractivity contribution >= 4 is 17.3 Å². The van der Waals surface area contributed by atoms with Crippen molar-refractivity contribution < 1.29 is 4.79 Å². The number of fused-ring (bicyclic) bond motifs is 1. The largest absolute Gasteiger partial charge is 0.331 e. The van der Waals surface area contributed by atoms with E-state index in [1.54, 1.807) is 12.4 Å². The maximum Gasteiger partial charge on any atom is 0.152 e. The standard InChI is InChI=1S/C15H13N3O/c19-11-12-10-18(15-14(12)5-3-8-17-15)9-6-13-4-1-2-7-16-13/h1-5,7-8,10-11H,6,9H2. The van der Waals surface area contributed by atoms with Crippen molar-refractivity contribution in [3.8, 4) is 0 Å². The third kappa shape index (κ3) is 2.25. The molecular formula is C15H13N3O. The van der Waals surface area contributed by atoms with Crippen molar-refractivity contribution in [1.82, 2.24) is 14.5 Å². The first-order valence-corrected chi connectivity index (χ1v) is 6.17. The van der Waals surface area contributed by atoms with Crippen molar-refractivity contribution in [1.29, 1.82) is 0 Å². The number of hydrogen-bond donors (Lipinski definition) is 0. The SMILES string of the molecule is O=Cc1cn(CCc2ccccn2)c2ncccc12. The third-order valence-electron chi connectivity index (χ3n) is 3.13. The summed E-state index contributed by atoms with van der Waals surface area (Å²) in [5, 5.41) is 0.901. The maximum atomic E-state index is 11.1. The second-order valence-electron chi connectivity index (χ2n) is 4.34. The van der Waals surface area contributed by atoms with E-state index >= 15 is 0 Å². The van der Waals surface area contributed by atoms with Crippen LogP contribution in [0.2, 0.25) is 0 Å². The Bertz CT molecular complexity index is 704. The van der Waals surface area contributed by atoms with E-state index in [1.165, 1.54) is 0 Å². The topological polar surface area (TPSA) is 47.8 Å². The van der Waals surface area contributed by atoms with Crippen molar-refractivity contribution in [2.45, 2.75) is 13.0 Å². The number of hydrogen-bond acceptors (Lipinski definition) is 3. The lowest BCUT2D eigenvalue weighted by molar-refractivity contribution is 0.112. The van der Waals surface area contributed by atoms with E-state index in [1.807, 2.05) is 41.1 Å². The first-order valence-electron chi connectivity index (χ1n) is 6.17. The summed E-state index contributed by atoms with van der Waals surface area (Å²) in [4.78, 5) is 19.7. The van der Waals surface area contributed by atoms with Gasteiger partial charge in [-0.1, -0.05) is 6.07 Å². The van der Waals surface area contributed by atoms with Crippen LogP contribution in [0.1, 0.15) is 16.1 Å². The van der Waals surface area contributed by atoms with Crippen LogP contribution in [0.3, 0.4) is 0 Å². The highest BCUT2D eigenvalue weighted by Crippen LogP contribution is 2.18. The molecule has 3 aromatic rings. The second kappa shape index (κ2) is 5.02. The minimum Gasteiger partial charge on any atom is -0.331 e. The fourth-order valence-electron chi connectivity index (χ4n) is 2.20. The van der Waals surface area contributed by atoms with Gasteiger partial charge in [-0.05, 0) is 24.3 Å². The van der Waals surface area contributed by atoms with E-state index in [9.17, 15) is 4.79 Å². The summed E-state index contributed by atoms with van der Waals surface area (Å²) in [6.45, 7) is 0.762. The molecule has 0 radical (unpaired) electrons. The summed E-state index contributed by atoms with van der Waals surface area (Å²) in [5.41, 5.74) is 2.57. The van der Waals surface area contributed by atoms with Crippen molar-refractivity contribution in [2.75, 3.05) is 0 Å². The van der Waals surface area contributed by atoms with E-state index < -0.39 is 0 Å². The number of carbonyl (C=O) groups excluding carboxylic acids is 1. The number of rotatable bonds is 4. The zero-order chi connectivity index (χ0) is 13.1. The zero-order valence-corrected chi connectivity index (χ0v) is 10.4. The van der Waals surface area contributed by atoms with E-state index in [0.717, 1.165) is 36.0 Å². The van der Waals surface area contributed by atoms with Gasteiger partial charge in [-0.25, -0.2) is 4.98 Å². The van der Waals surface area contributed by atoms with Crippen LogP contribution in [0.25, 0.3) is 11.0 Å². The smallest absolute Gasteiger partial charge is 0.152 e. The Morgan fingerprint density at radius 3 is 2.79 bits per heavy atom. The Hall–Kier alpha value is -2.49. The molecule has 0 amide bonds. The lowest BCUT2D eigenvalue weighted by Gasteiger charge is -2.03. The van der Waals surface area contributed by atoms with Gasteiger partial charge < -0.3 is 4.57 Å². The summed E-state index contributed by atoms with van der Waals surface area (Å²) < 4.78 is 2.01. The summed E-state index contributed by atoms with van der Waals surface area (Å²) in [6, 6.07) is 9.65. The van der Waals surface area contributed by atoms with Gasteiger partial charge in [0.15, 0.2) is 6.29 Å². The van der Waals surface area contributed by atoms with Crippen LogP contribution >= 0.6 is 0 Å². The molecule has 0 atom stereocenters. The number of carbonyl (C=O) groups is 1. The molecule has 19 heavy (non-hydrogen) atoms. The van der Waals surface area contributed by atoms with Gasteiger partial charge in [-0.15, -0.1) is 0 Å². The van der Waals surface area contributed by atoms with Crippen LogP contribution < -0.4 is 0 Å². The molecular weight excluding hydrogens is 238 g/mol. The zero-order valence-electron chi connectivity index (χ0n) is 10.4. The van der Waals surface area contributed by atoms with Gasteiger partial charge in [-0.2, -0.15) is 0 Å². The number of aldehydes is 1. The molecule has 0 N–H and O–H groups in total. The number of pyridine rings is 2. The van der Waals surface area contributed by atoms with E-state index in [2.05, 4.69) is 9.97 Å². The number of aryl methyl sites for hydroxylation is 2. The van der Waals surface area contributed by atoms with Gasteiger partial charge in [0, 0.05) is 48.2 Å². The fraction of sp³-hybridized carbons (Fsp3) is 0.133. The first-order chi connectivity index (χ1) is 9.38. The van der Waals surface area contributed by atoms with Crippen LogP contribution in [0.4, 0.5) is 0 Å². The van der Waals surface area contributed by atoms with Crippen molar-refractivity contribution in [2.24, 2.45) is 0 Å². The van der Waals surface area contributed by atoms with Gasteiger partial charge >= 0.3 is 0 Å². The predicted octanol–water partition coefficient (Wildman–Crippen LogP) is 2.49. The minimum absolute atomic E-state index is 0.684. The summed E-state index contributed by atoms with van der Waals surface area (Å²) in [7, 11) is 0. The summed E-state index contributed by atoms with van der Waals surface area (Å²) >= 11 is 0. The van der Waals surface area contributed by atoms with Gasteiger partial charge in [-0.3, -0.25) is 9.78 Å². The normalized spacial score (nSPS) is 10.7. The Morgan fingerprint density at radius 1 is 1.11 bits per heavy atom.